The largest absolute Gasteiger partial charge is 0.493 e. The van der Waals surface area contributed by atoms with E-state index in [9.17, 15) is 0 Å². The van der Waals surface area contributed by atoms with Crippen molar-refractivity contribution >= 4 is 20.4 Å². The molecule has 0 bridgehead atoms. The molecule has 3 nitrogen and oxygen atoms in total. The van der Waals surface area contributed by atoms with Crippen LogP contribution in [0.4, 0.5) is 0 Å². The molecular formula is C11H11BrO3. The zero-order chi connectivity index (χ0) is 10.8. The molecule has 1 aliphatic heterocycles. The highest BCUT2D eigenvalue weighted by atomic mass is 79.9. The van der Waals surface area contributed by atoms with Crippen LogP contribution in [0.5, 0.6) is 17.2 Å². The number of halogens is 1. The van der Waals surface area contributed by atoms with Crippen molar-refractivity contribution in [1.82, 2.24) is 0 Å². The highest BCUT2D eigenvalue weighted by molar-refractivity contribution is 9.15. The Kier molecular flexibility index (Phi) is 2.86. The minimum absolute atomic E-state index is 0.572. The molecule has 80 valence electrons. The third kappa shape index (κ3) is 1.81. The molecule has 0 saturated carbocycles. The summed E-state index contributed by atoms with van der Waals surface area (Å²) in [6, 6.07) is 3.73. The number of hydrogen-bond donors (Lipinski definition) is 0. The maximum atomic E-state index is 5.49. The second-order valence-corrected chi connectivity index (χ2v) is 3.92. The van der Waals surface area contributed by atoms with Gasteiger partial charge in [0.2, 0.25) is 0 Å². The van der Waals surface area contributed by atoms with Crippen molar-refractivity contribution < 1.29 is 14.2 Å². The highest BCUT2D eigenvalue weighted by Crippen LogP contribution is 2.41. The van der Waals surface area contributed by atoms with E-state index in [1.807, 2.05) is 18.2 Å². The number of hydrogen-bond acceptors (Lipinski definition) is 3. The summed E-state index contributed by atoms with van der Waals surface area (Å²) in [6.07, 6.45) is 1.97. The Morgan fingerprint density at radius 3 is 2.53 bits per heavy atom. The Bertz CT molecular complexity index is 413. The van der Waals surface area contributed by atoms with Crippen LogP contribution in [0.1, 0.15) is 5.56 Å². The lowest BCUT2D eigenvalue weighted by molar-refractivity contribution is 0.336. The van der Waals surface area contributed by atoms with Gasteiger partial charge in [-0.2, -0.15) is 0 Å². The molecule has 2 rings (SSSR count). The van der Waals surface area contributed by atoms with E-state index < -0.39 is 0 Å². The van der Waals surface area contributed by atoms with Crippen molar-refractivity contribution in [1.29, 1.82) is 0 Å². The lowest BCUT2D eigenvalue weighted by atomic mass is 10.1. The third-order valence-electron chi connectivity index (χ3n) is 2.24. The molecule has 0 fully saturated rings. The Morgan fingerprint density at radius 2 is 1.87 bits per heavy atom. The van der Waals surface area contributed by atoms with E-state index in [2.05, 4.69) is 15.9 Å². The maximum Gasteiger partial charge on any atom is 0.164 e. The van der Waals surface area contributed by atoms with Crippen LogP contribution in [0.3, 0.4) is 0 Å². The highest BCUT2D eigenvalue weighted by Gasteiger charge is 2.16. The molecule has 15 heavy (non-hydrogen) atoms. The molecule has 1 aromatic carbocycles. The Hall–Kier alpha value is -1.16. The molecule has 0 atom stereocenters. The van der Waals surface area contributed by atoms with Gasteiger partial charge < -0.3 is 14.2 Å². The summed E-state index contributed by atoms with van der Waals surface area (Å²) >= 11 is 3.48. The van der Waals surface area contributed by atoms with Gasteiger partial charge in [-0.05, 0) is 12.1 Å². The summed E-state index contributed by atoms with van der Waals surface area (Å²) in [6.45, 7) is 0.572. The molecule has 0 aromatic heterocycles. The summed E-state index contributed by atoms with van der Waals surface area (Å²) in [5.41, 5.74) is 0.985. The van der Waals surface area contributed by atoms with Crippen LogP contribution in [0, 0.1) is 0 Å². The molecule has 0 N–H and O–H groups in total. The van der Waals surface area contributed by atoms with Gasteiger partial charge in [0.1, 0.15) is 12.4 Å². The van der Waals surface area contributed by atoms with Crippen LogP contribution >= 0.6 is 15.9 Å². The standard InChI is InChI=1S/C11H11BrO3/c1-13-10-5-7-8(12)3-4-15-9(7)6-11(10)14-2/h3,5-6H,4H2,1-2H3. The molecule has 1 heterocycles. The lowest BCUT2D eigenvalue weighted by Gasteiger charge is -2.18. The van der Waals surface area contributed by atoms with Crippen LogP contribution in [0.15, 0.2) is 18.2 Å². The number of rotatable bonds is 2. The summed E-state index contributed by atoms with van der Waals surface area (Å²) in [5, 5.41) is 0. The fourth-order valence-electron chi connectivity index (χ4n) is 1.48. The zero-order valence-corrected chi connectivity index (χ0v) is 10.1. The summed E-state index contributed by atoms with van der Waals surface area (Å²) in [5.74, 6) is 2.19. The first-order valence-electron chi connectivity index (χ1n) is 4.51. The second kappa shape index (κ2) is 4.14. The van der Waals surface area contributed by atoms with Crippen LogP contribution in [0.25, 0.3) is 4.48 Å². The first-order chi connectivity index (χ1) is 7.26. The Balaban J connectivity index is 2.55. The zero-order valence-electron chi connectivity index (χ0n) is 8.54. The van der Waals surface area contributed by atoms with Gasteiger partial charge in [-0.25, -0.2) is 0 Å². The van der Waals surface area contributed by atoms with Gasteiger partial charge in [-0.3, -0.25) is 0 Å². The van der Waals surface area contributed by atoms with E-state index in [4.69, 9.17) is 14.2 Å². The van der Waals surface area contributed by atoms with Gasteiger partial charge in [0, 0.05) is 16.1 Å². The van der Waals surface area contributed by atoms with Crippen LogP contribution in [-0.4, -0.2) is 20.8 Å². The summed E-state index contributed by atoms with van der Waals surface area (Å²) < 4.78 is 16.9. The number of benzene rings is 1. The monoisotopic (exact) mass is 270 g/mol. The molecule has 0 unspecified atom stereocenters. The van der Waals surface area contributed by atoms with Crippen molar-refractivity contribution in [2.24, 2.45) is 0 Å². The van der Waals surface area contributed by atoms with Crippen molar-refractivity contribution in [3.63, 3.8) is 0 Å². The smallest absolute Gasteiger partial charge is 0.164 e. The summed E-state index contributed by atoms with van der Waals surface area (Å²) in [7, 11) is 3.23. The molecule has 0 spiro atoms. The average Bonchev–Trinajstić information content (AvgIpc) is 2.28. The Morgan fingerprint density at radius 1 is 1.20 bits per heavy atom. The molecular weight excluding hydrogens is 260 g/mol. The molecule has 0 amide bonds. The first-order valence-corrected chi connectivity index (χ1v) is 5.30. The van der Waals surface area contributed by atoms with Gasteiger partial charge in [0.25, 0.3) is 0 Å². The van der Waals surface area contributed by atoms with Crippen molar-refractivity contribution in [2.75, 3.05) is 20.8 Å². The minimum atomic E-state index is 0.572. The first kappa shape index (κ1) is 10.4. The SMILES string of the molecule is COc1cc2c(cc1OC)C(Br)=CCO2. The topological polar surface area (TPSA) is 27.7 Å². The van der Waals surface area contributed by atoms with Crippen molar-refractivity contribution in [3.05, 3.63) is 23.8 Å². The van der Waals surface area contributed by atoms with E-state index >= 15 is 0 Å². The predicted molar refractivity (Wildman–Crippen MR) is 61.9 cm³/mol. The number of ether oxygens (including phenoxy) is 3. The molecule has 1 aliphatic rings. The van der Waals surface area contributed by atoms with Crippen LogP contribution in [0.2, 0.25) is 0 Å². The van der Waals surface area contributed by atoms with E-state index in [-0.39, 0.29) is 0 Å². The number of fused-ring (bicyclic) bond motifs is 1. The minimum Gasteiger partial charge on any atom is -0.493 e. The normalized spacial score (nSPS) is 13.7. The van der Waals surface area contributed by atoms with Crippen LogP contribution < -0.4 is 14.2 Å². The van der Waals surface area contributed by atoms with Crippen molar-refractivity contribution in [3.8, 4) is 17.2 Å². The van der Waals surface area contributed by atoms with Gasteiger partial charge >= 0.3 is 0 Å². The lowest BCUT2D eigenvalue weighted by Crippen LogP contribution is -2.03. The van der Waals surface area contributed by atoms with Gasteiger partial charge in [-0.15, -0.1) is 0 Å². The number of methoxy groups -OCH3 is 2. The predicted octanol–water partition coefficient (Wildman–Crippen LogP) is 2.83. The molecule has 0 aliphatic carbocycles. The summed E-state index contributed by atoms with van der Waals surface area (Å²) in [4.78, 5) is 0. The van der Waals surface area contributed by atoms with Gasteiger partial charge in [0.05, 0.1) is 14.2 Å². The average molecular weight is 271 g/mol. The molecule has 1 aromatic rings. The molecule has 0 saturated heterocycles. The fraction of sp³-hybridized carbons (Fsp3) is 0.273. The third-order valence-corrected chi connectivity index (χ3v) is 3.00. The van der Waals surface area contributed by atoms with Crippen LogP contribution in [-0.2, 0) is 0 Å². The van der Waals surface area contributed by atoms with Gasteiger partial charge in [-0.1, -0.05) is 15.9 Å². The van der Waals surface area contributed by atoms with E-state index in [0.717, 1.165) is 15.8 Å². The van der Waals surface area contributed by atoms with E-state index in [1.165, 1.54) is 0 Å². The quantitative estimate of drug-likeness (QED) is 0.827. The molecule has 0 radical (unpaired) electrons. The fourth-order valence-corrected chi connectivity index (χ4v) is 1.92. The van der Waals surface area contributed by atoms with E-state index in [1.54, 1.807) is 14.2 Å². The second-order valence-electron chi connectivity index (χ2n) is 3.07. The van der Waals surface area contributed by atoms with E-state index in [0.29, 0.717) is 18.1 Å². The van der Waals surface area contributed by atoms with Gasteiger partial charge in [0.15, 0.2) is 11.5 Å². The Labute approximate surface area is 96.8 Å². The maximum absolute atomic E-state index is 5.49. The molecule has 4 heteroatoms. The van der Waals surface area contributed by atoms with Crippen molar-refractivity contribution in [2.45, 2.75) is 0 Å².